The van der Waals surface area contributed by atoms with E-state index in [-0.39, 0.29) is 24.0 Å². The number of carbonyl (C=O) groups excluding carboxylic acids is 1. The number of rotatable bonds is 5. The number of esters is 1. The summed E-state index contributed by atoms with van der Waals surface area (Å²) in [7, 11) is 1.89. The third-order valence-corrected chi connectivity index (χ3v) is 3.64. The molecule has 3 atom stereocenters. The molecule has 20 heavy (non-hydrogen) atoms. The fourth-order valence-electron chi connectivity index (χ4n) is 2.33. The molecule has 1 aliphatic rings. The zero-order valence-electron chi connectivity index (χ0n) is 12.0. The molecule has 2 rings (SSSR count). The van der Waals surface area contributed by atoms with Gasteiger partial charge in [-0.3, -0.25) is 0 Å². The molecule has 0 amide bonds. The molecule has 1 aliphatic carbocycles. The van der Waals surface area contributed by atoms with E-state index in [4.69, 9.17) is 4.74 Å². The van der Waals surface area contributed by atoms with Crippen LogP contribution in [-0.4, -0.2) is 25.2 Å². The lowest BCUT2D eigenvalue weighted by molar-refractivity contribution is 0.0104. The van der Waals surface area contributed by atoms with Crippen LogP contribution in [0.15, 0.2) is 54.6 Å². The number of benzene rings is 1. The van der Waals surface area contributed by atoms with Crippen LogP contribution in [0.3, 0.4) is 0 Å². The van der Waals surface area contributed by atoms with Gasteiger partial charge < -0.3 is 10.1 Å². The maximum atomic E-state index is 12.2. The number of ether oxygens (including phenoxy) is 1. The largest absolute Gasteiger partial charge is 0.456 e. The highest BCUT2D eigenvalue weighted by Crippen LogP contribution is 2.22. The van der Waals surface area contributed by atoms with Crippen LogP contribution in [-0.2, 0) is 4.74 Å². The van der Waals surface area contributed by atoms with Crippen LogP contribution < -0.4 is 5.32 Å². The first-order valence-corrected chi connectivity index (χ1v) is 6.99. The van der Waals surface area contributed by atoms with Gasteiger partial charge in [-0.05, 0) is 32.5 Å². The van der Waals surface area contributed by atoms with Crippen molar-refractivity contribution < 1.29 is 9.53 Å². The van der Waals surface area contributed by atoms with Crippen molar-refractivity contribution in [2.45, 2.75) is 25.5 Å². The molecule has 0 spiro atoms. The van der Waals surface area contributed by atoms with Gasteiger partial charge in [0.25, 0.3) is 0 Å². The molecule has 0 fully saturated rings. The second-order valence-corrected chi connectivity index (χ2v) is 5.03. The van der Waals surface area contributed by atoms with Gasteiger partial charge in [0.15, 0.2) is 0 Å². The summed E-state index contributed by atoms with van der Waals surface area (Å²) in [6, 6.07) is 9.23. The van der Waals surface area contributed by atoms with Crippen LogP contribution in [0.4, 0.5) is 0 Å². The predicted octanol–water partition coefficient (Wildman–Crippen LogP) is 2.95. The fourth-order valence-corrected chi connectivity index (χ4v) is 2.33. The van der Waals surface area contributed by atoms with E-state index in [1.54, 1.807) is 12.1 Å². The van der Waals surface area contributed by atoms with Crippen molar-refractivity contribution in [2.24, 2.45) is 5.92 Å². The van der Waals surface area contributed by atoms with Gasteiger partial charge in [0, 0.05) is 12.0 Å². The van der Waals surface area contributed by atoms with E-state index in [0.29, 0.717) is 5.56 Å². The Morgan fingerprint density at radius 1 is 1.30 bits per heavy atom. The van der Waals surface area contributed by atoms with Gasteiger partial charge >= 0.3 is 5.97 Å². The van der Waals surface area contributed by atoms with Gasteiger partial charge in [-0.1, -0.05) is 42.5 Å². The minimum Gasteiger partial charge on any atom is -0.456 e. The summed E-state index contributed by atoms with van der Waals surface area (Å²) in [5.74, 6) is -0.0456. The van der Waals surface area contributed by atoms with E-state index in [1.807, 2.05) is 44.3 Å². The SMILES string of the molecule is CN[C@@H](C)[C@@H](OC(=O)c1ccccc1)C1C=CC=CC1. The highest BCUT2D eigenvalue weighted by atomic mass is 16.5. The van der Waals surface area contributed by atoms with Crippen molar-refractivity contribution in [2.75, 3.05) is 7.05 Å². The number of allylic oxidation sites excluding steroid dienone is 3. The summed E-state index contributed by atoms with van der Waals surface area (Å²) >= 11 is 0. The molecule has 0 aliphatic heterocycles. The zero-order chi connectivity index (χ0) is 14.4. The summed E-state index contributed by atoms with van der Waals surface area (Å²) in [4.78, 5) is 12.2. The minimum atomic E-state index is -0.263. The summed E-state index contributed by atoms with van der Waals surface area (Å²) < 4.78 is 5.74. The molecule has 3 heteroatoms. The molecule has 0 heterocycles. The maximum Gasteiger partial charge on any atom is 0.338 e. The highest BCUT2D eigenvalue weighted by molar-refractivity contribution is 5.89. The van der Waals surface area contributed by atoms with Crippen LogP contribution in [0.5, 0.6) is 0 Å². The smallest absolute Gasteiger partial charge is 0.338 e. The van der Waals surface area contributed by atoms with Crippen molar-refractivity contribution in [3.63, 3.8) is 0 Å². The lowest BCUT2D eigenvalue weighted by atomic mass is 9.90. The lowest BCUT2D eigenvalue weighted by Crippen LogP contribution is -2.42. The quantitative estimate of drug-likeness (QED) is 0.837. The van der Waals surface area contributed by atoms with E-state index >= 15 is 0 Å². The number of likely N-dealkylation sites (N-methyl/N-ethyl adjacent to an activating group) is 1. The molecule has 1 unspecified atom stereocenters. The average Bonchev–Trinajstić information content (AvgIpc) is 2.53. The molecule has 0 aromatic heterocycles. The van der Waals surface area contributed by atoms with Crippen LogP contribution in [0, 0.1) is 5.92 Å². The molecule has 106 valence electrons. The van der Waals surface area contributed by atoms with Gasteiger partial charge in [-0.2, -0.15) is 0 Å². The molecule has 1 N–H and O–H groups in total. The van der Waals surface area contributed by atoms with Crippen molar-refractivity contribution in [1.82, 2.24) is 5.32 Å². The summed E-state index contributed by atoms with van der Waals surface area (Å²) in [6.45, 7) is 2.04. The number of hydrogen-bond donors (Lipinski definition) is 1. The molecule has 0 saturated carbocycles. The second-order valence-electron chi connectivity index (χ2n) is 5.03. The molecule has 1 aromatic rings. The highest BCUT2D eigenvalue weighted by Gasteiger charge is 2.28. The Morgan fingerprint density at radius 3 is 2.65 bits per heavy atom. The van der Waals surface area contributed by atoms with Crippen molar-refractivity contribution in [3.05, 3.63) is 60.2 Å². The van der Waals surface area contributed by atoms with E-state index in [0.717, 1.165) is 6.42 Å². The normalized spacial score (nSPS) is 20.4. The van der Waals surface area contributed by atoms with Crippen LogP contribution in [0.2, 0.25) is 0 Å². The van der Waals surface area contributed by atoms with E-state index in [2.05, 4.69) is 17.5 Å². The zero-order valence-corrected chi connectivity index (χ0v) is 12.0. The molecular formula is C17H21NO2. The van der Waals surface area contributed by atoms with Gasteiger partial charge in [0.05, 0.1) is 5.56 Å². The van der Waals surface area contributed by atoms with E-state index < -0.39 is 0 Å². The first-order chi connectivity index (χ1) is 9.72. The lowest BCUT2D eigenvalue weighted by Gasteiger charge is -2.30. The number of hydrogen-bond acceptors (Lipinski definition) is 3. The summed E-state index contributed by atoms with van der Waals surface area (Å²) in [6.07, 6.45) is 8.98. The van der Waals surface area contributed by atoms with E-state index in [1.165, 1.54) is 0 Å². The van der Waals surface area contributed by atoms with Crippen LogP contribution in [0.25, 0.3) is 0 Å². The predicted molar refractivity (Wildman–Crippen MR) is 80.6 cm³/mol. The second kappa shape index (κ2) is 7.06. The fraction of sp³-hybridized carbons (Fsp3) is 0.353. The standard InChI is InChI=1S/C17H21NO2/c1-13(18-2)16(14-9-5-3-6-10-14)20-17(19)15-11-7-4-8-12-15/h3-9,11-14,16,18H,10H2,1-2H3/t13-,14?,16+/m0/s1. The Bertz CT molecular complexity index is 493. The topological polar surface area (TPSA) is 38.3 Å². The first-order valence-electron chi connectivity index (χ1n) is 6.99. The third-order valence-electron chi connectivity index (χ3n) is 3.64. The summed E-state index contributed by atoms with van der Waals surface area (Å²) in [5, 5.41) is 3.18. The maximum absolute atomic E-state index is 12.2. The molecule has 0 radical (unpaired) electrons. The summed E-state index contributed by atoms with van der Waals surface area (Å²) in [5.41, 5.74) is 0.594. The average molecular weight is 271 g/mol. The Hall–Kier alpha value is -1.87. The van der Waals surface area contributed by atoms with Gasteiger partial charge in [-0.25, -0.2) is 4.79 Å². The molecular weight excluding hydrogens is 250 g/mol. The molecule has 0 saturated heterocycles. The Balaban J connectivity index is 2.10. The molecule has 0 bridgehead atoms. The molecule has 3 nitrogen and oxygen atoms in total. The third kappa shape index (κ3) is 3.58. The number of nitrogens with one attached hydrogen (secondary N) is 1. The van der Waals surface area contributed by atoms with Gasteiger partial charge in [0.1, 0.15) is 6.10 Å². The van der Waals surface area contributed by atoms with Crippen molar-refractivity contribution in [3.8, 4) is 0 Å². The van der Waals surface area contributed by atoms with Crippen LogP contribution in [0.1, 0.15) is 23.7 Å². The Kier molecular flexibility index (Phi) is 5.13. The van der Waals surface area contributed by atoms with Gasteiger partial charge in [0.2, 0.25) is 0 Å². The van der Waals surface area contributed by atoms with Crippen LogP contribution >= 0.6 is 0 Å². The first kappa shape index (κ1) is 14.5. The monoisotopic (exact) mass is 271 g/mol. The van der Waals surface area contributed by atoms with Crippen molar-refractivity contribution >= 4 is 5.97 Å². The Labute approximate surface area is 120 Å². The van der Waals surface area contributed by atoms with E-state index in [9.17, 15) is 4.79 Å². The van der Waals surface area contributed by atoms with Crippen molar-refractivity contribution in [1.29, 1.82) is 0 Å². The number of carbonyl (C=O) groups is 1. The van der Waals surface area contributed by atoms with Gasteiger partial charge in [-0.15, -0.1) is 0 Å². The minimum absolute atomic E-state index is 0.101. The Morgan fingerprint density at radius 2 is 2.05 bits per heavy atom. The molecule has 1 aromatic carbocycles.